The van der Waals surface area contributed by atoms with E-state index in [4.69, 9.17) is 5.26 Å². The molecule has 124 valence electrons. The topological polar surface area (TPSA) is 77.0 Å². The summed E-state index contributed by atoms with van der Waals surface area (Å²) < 4.78 is 0. The van der Waals surface area contributed by atoms with E-state index in [2.05, 4.69) is 11.1 Å². The predicted molar refractivity (Wildman–Crippen MR) is 92.5 cm³/mol. The average Bonchev–Trinajstić information content (AvgIpc) is 2.59. The molecule has 24 heavy (non-hydrogen) atoms. The Morgan fingerprint density at radius 1 is 1.33 bits per heavy atom. The fourth-order valence-corrected chi connectivity index (χ4v) is 3.20. The molecule has 2 aromatic rings. The third-order valence-electron chi connectivity index (χ3n) is 4.72. The highest BCUT2D eigenvalue weighted by atomic mass is 16.2. The molecule has 1 aliphatic heterocycles. The first-order chi connectivity index (χ1) is 11.6. The van der Waals surface area contributed by atoms with Crippen LogP contribution in [-0.2, 0) is 11.2 Å². The van der Waals surface area contributed by atoms with Crippen LogP contribution in [0.1, 0.15) is 30.4 Å². The van der Waals surface area contributed by atoms with Crippen LogP contribution in [-0.4, -0.2) is 28.9 Å². The van der Waals surface area contributed by atoms with Gasteiger partial charge in [0.05, 0.1) is 6.07 Å². The zero-order valence-corrected chi connectivity index (χ0v) is 13.8. The number of aryl methyl sites for hydroxylation is 2. The number of likely N-dealkylation sites (tertiary alicyclic amines) is 1. The van der Waals surface area contributed by atoms with Gasteiger partial charge in [-0.2, -0.15) is 5.26 Å². The second-order valence-corrected chi connectivity index (χ2v) is 6.50. The van der Waals surface area contributed by atoms with Crippen molar-refractivity contribution in [3.8, 4) is 6.07 Å². The molecule has 0 aliphatic carbocycles. The number of nitrogens with zero attached hydrogens (tertiary/aromatic N) is 2. The summed E-state index contributed by atoms with van der Waals surface area (Å²) in [6.45, 7) is 3.27. The van der Waals surface area contributed by atoms with Crippen LogP contribution < -0.4 is 5.56 Å². The van der Waals surface area contributed by atoms with E-state index in [9.17, 15) is 9.59 Å². The first kappa shape index (κ1) is 16.3. The van der Waals surface area contributed by atoms with Crippen molar-refractivity contribution in [1.82, 2.24) is 9.88 Å². The van der Waals surface area contributed by atoms with Gasteiger partial charge >= 0.3 is 0 Å². The zero-order valence-electron chi connectivity index (χ0n) is 13.8. The van der Waals surface area contributed by atoms with Gasteiger partial charge in [-0.1, -0.05) is 12.1 Å². The number of hydrogen-bond donors (Lipinski definition) is 1. The molecular formula is C19H21N3O2. The van der Waals surface area contributed by atoms with Gasteiger partial charge in [-0.05, 0) is 49.3 Å². The Labute approximate surface area is 140 Å². The van der Waals surface area contributed by atoms with Crippen LogP contribution in [0.2, 0.25) is 0 Å². The monoisotopic (exact) mass is 323 g/mol. The Kier molecular flexibility index (Phi) is 4.66. The smallest absolute Gasteiger partial charge is 0.251 e. The van der Waals surface area contributed by atoms with Crippen LogP contribution in [0.4, 0.5) is 0 Å². The van der Waals surface area contributed by atoms with E-state index in [0.29, 0.717) is 31.5 Å². The number of hydrogen-bond acceptors (Lipinski definition) is 3. The highest BCUT2D eigenvalue weighted by Gasteiger charge is 2.22. The Hall–Kier alpha value is -2.61. The van der Waals surface area contributed by atoms with Crippen LogP contribution in [0, 0.1) is 24.2 Å². The van der Waals surface area contributed by atoms with Crippen molar-refractivity contribution in [3.05, 3.63) is 45.7 Å². The van der Waals surface area contributed by atoms with E-state index in [-0.39, 0.29) is 17.4 Å². The number of piperidine rings is 1. The Bertz CT molecular complexity index is 855. The van der Waals surface area contributed by atoms with Crippen LogP contribution in [0.5, 0.6) is 0 Å². The molecule has 1 aromatic heterocycles. The van der Waals surface area contributed by atoms with E-state index in [0.717, 1.165) is 29.3 Å². The number of carbonyl (C=O) groups is 1. The third-order valence-corrected chi connectivity index (χ3v) is 4.72. The van der Waals surface area contributed by atoms with E-state index in [1.54, 1.807) is 0 Å². The Morgan fingerprint density at radius 3 is 2.79 bits per heavy atom. The van der Waals surface area contributed by atoms with Gasteiger partial charge in [0.15, 0.2) is 0 Å². The quantitative estimate of drug-likeness (QED) is 0.943. The number of carbonyl (C=O) groups excluding carboxylic acids is 1. The van der Waals surface area contributed by atoms with Crippen molar-refractivity contribution in [2.24, 2.45) is 5.92 Å². The van der Waals surface area contributed by atoms with E-state index >= 15 is 0 Å². The molecule has 3 rings (SSSR count). The third kappa shape index (κ3) is 3.48. The molecule has 2 heterocycles. The van der Waals surface area contributed by atoms with Gasteiger partial charge in [0.2, 0.25) is 5.91 Å². The summed E-state index contributed by atoms with van der Waals surface area (Å²) in [7, 11) is 0. The first-order valence-corrected chi connectivity index (χ1v) is 8.37. The maximum Gasteiger partial charge on any atom is 0.251 e. The number of rotatable bonds is 3. The minimum Gasteiger partial charge on any atom is -0.343 e. The molecule has 1 amide bonds. The summed E-state index contributed by atoms with van der Waals surface area (Å²) in [6.07, 6.45) is 2.27. The van der Waals surface area contributed by atoms with Crippen LogP contribution in [0.25, 0.3) is 10.9 Å². The minimum absolute atomic E-state index is 0.0646. The molecular weight excluding hydrogens is 302 g/mol. The standard InChI is InChI=1S/C19H21N3O2/c1-13-2-3-15-11-16(19(24)21-17(15)10-13)4-5-18(23)22-8-6-14(12-20)7-9-22/h2-3,10-11,14H,4-9H2,1H3,(H,21,24). The molecule has 0 radical (unpaired) electrons. The largest absolute Gasteiger partial charge is 0.343 e. The Morgan fingerprint density at radius 2 is 2.08 bits per heavy atom. The lowest BCUT2D eigenvalue weighted by molar-refractivity contribution is -0.132. The normalized spacial score (nSPS) is 15.4. The number of aromatic nitrogens is 1. The number of nitriles is 1. The SMILES string of the molecule is Cc1ccc2cc(CCC(=O)N3CCC(C#N)CC3)c(=O)[nH]c2c1. The van der Waals surface area contributed by atoms with Crippen molar-refractivity contribution in [2.45, 2.75) is 32.6 Å². The molecule has 0 spiro atoms. The predicted octanol–water partition coefficient (Wildman–Crippen LogP) is 2.53. The van der Waals surface area contributed by atoms with Crippen molar-refractivity contribution >= 4 is 16.8 Å². The summed E-state index contributed by atoms with van der Waals surface area (Å²) in [5.41, 5.74) is 2.45. The fourth-order valence-electron chi connectivity index (χ4n) is 3.20. The van der Waals surface area contributed by atoms with Gasteiger partial charge in [-0.25, -0.2) is 0 Å². The van der Waals surface area contributed by atoms with Crippen molar-refractivity contribution in [2.75, 3.05) is 13.1 Å². The average molecular weight is 323 g/mol. The van der Waals surface area contributed by atoms with Crippen LogP contribution in [0.3, 0.4) is 0 Å². The highest BCUT2D eigenvalue weighted by molar-refractivity contribution is 5.80. The van der Waals surface area contributed by atoms with Crippen molar-refractivity contribution < 1.29 is 4.79 Å². The molecule has 5 heteroatoms. The lowest BCUT2D eigenvalue weighted by atomic mass is 9.98. The molecule has 0 saturated carbocycles. The van der Waals surface area contributed by atoms with Gasteiger partial charge in [0.25, 0.3) is 5.56 Å². The minimum atomic E-state index is -0.121. The van der Waals surface area contributed by atoms with Crippen LogP contribution >= 0.6 is 0 Å². The molecule has 1 N–H and O–H groups in total. The number of pyridine rings is 1. The summed E-state index contributed by atoms with van der Waals surface area (Å²) in [5, 5.41) is 9.89. The second kappa shape index (κ2) is 6.88. The maximum absolute atomic E-state index is 12.3. The maximum atomic E-state index is 12.3. The summed E-state index contributed by atoms with van der Waals surface area (Å²) in [6, 6.07) is 10.1. The van der Waals surface area contributed by atoms with Crippen molar-refractivity contribution in [3.63, 3.8) is 0 Å². The van der Waals surface area contributed by atoms with Gasteiger partial charge in [-0.3, -0.25) is 9.59 Å². The lowest BCUT2D eigenvalue weighted by Gasteiger charge is -2.29. The molecule has 1 aliphatic rings. The number of aromatic amines is 1. The molecule has 0 bridgehead atoms. The first-order valence-electron chi connectivity index (χ1n) is 8.37. The van der Waals surface area contributed by atoms with E-state index in [1.807, 2.05) is 36.1 Å². The van der Waals surface area contributed by atoms with E-state index in [1.165, 1.54) is 0 Å². The second-order valence-electron chi connectivity index (χ2n) is 6.50. The van der Waals surface area contributed by atoms with Gasteiger partial charge in [0.1, 0.15) is 0 Å². The van der Waals surface area contributed by atoms with Gasteiger partial charge in [0, 0.05) is 36.5 Å². The summed E-state index contributed by atoms with van der Waals surface area (Å²) in [4.78, 5) is 29.2. The number of benzene rings is 1. The van der Waals surface area contributed by atoms with E-state index < -0.39 is 0 Å². The summed E-state index contributed by atoms with van der Waals surface area (Å²) >= 11 is 0. The Balaban J connectivity index is 1.66. The molecule has 0 atom stereocenters. The zero-order chi connectivity index (χ0) is 17.1. The number of fused-ring (bicyclic) bond motifs is 1. The van der Waals surface area contributed by atoms with Crippen LogP contribution in [0.15, 0.2) is 29.1 Å². The van der Waals surface area contributed by atoms with Gasteiger partial charge < -0.3 is 9.88 Å². The number of nitrogens with one attached hydrogen (secondary N) is 1. The molecule has 0 unspecified atom stereocenters. The number of amides is 1. The lowest BCUT2D eigenvalue weighted by Crippen LogP contribution is -2.38. The molecule has 1 aromatic carbocycles. The highest BCUT2D eigenvalue weighted by Crippen LogP contribution is 2.18. The molecule has 1 fully saturated rings. The fraction of sp³-hybridized carbons (Fsp3) is 0.421. The molecule has 5 nitrogen and oxygen atoms in total. The molecule has 1 saturated heterocycles. The van der Waals surface area contributed by atoms with Gasteiger partial charge in [-0.15, -0.1) is 0 Å². The number of H-pyrrole nitrogens is 1. The van der Waals surface area contributed by atoms with Crippen molar-refractivity contribution in [1.29, 1.82) is 5.26 Å². The summed E-state index contributed by atoms with van der Waals surface area (Å²) in [5.74, 6) is 0.135.